The summed E-state index contributed by atoms with van der Waals surface area (Å²) in [6.45, 7) is 6.84. The van der Waals surface area contributed by atoms with E-state index in [0.717, 1.165) is 28.0 Å². The van der Waals surface area contributed by atoms with Crippen LogP contribution in [0.15, 0.2) is 64.9 Å². The molecule has 0 aliphatic heterocycles. The van der Waals surface area contributed by atoms with Crippen LogP contribution in [-0.4, -0.2) is 27.7 Å². The summed E-state index contributed by atoms with van der Waals surface area (Å²) in [5.41, 5.74) is 2.18. The van der Waals surface area contributed by atoms with Gasteiger partial charge < -0.3 is 4.74 Å². The normalized spacial score (nSPS) is 11.4. The van der Waals surface area contributed by atoms with Crippen molar-refractivity contribution in [1.82, 2.24) is 14.9 Å². The van der Waals surface area contributed by atoms with Crippen LogP contribution >= 0.6 is 11.8 Å². The number of benzene rings is 2. The first-order valence-electron chi connectivity index (χ1n) is 8.98. The van der Waals surface area contributed by atoms with E-state index < -0.39 is 0 Å². The molecule has 0 atom stereocenters. The molecule has 0 spiro atoms. The van der Waals surface area contributed by atoms with Crippen LogP contribution in [0.3, 0.4) is 0 Å². The third-order valence-electron chi connectivity index (χ3n) is 3.78. The highest BCUT2D eigenvalue weighted by atomic mass is 32.2. The maximum atomic E-state index is 5.90. The smallest absolute Gasteiger partial charge is 0.212 e. The number of hydrogen-bond acceptors (Lipinski definition) is 5. The minimum Gasteiger partial charge on any atom is -0.493 e. The van der Waals surface area contributed by atoms with Gasteiger partial charge in [-0.25, -0.2) is 0 Å². The fraction of sp³-hybridized carbons (Fsp3) is 0.286. The summed E-state index contributed by atoms with van der Waals surface area (Å²) in [6, 6.07) is 18.2. The Labute approximate surface area is 164 Å². The molecule has 1 aromatic heterocycles. The fourth-order valence-electron chi connectivity index (χ4n) is 2.38. The number of rotatable bonds is 8. The van der Waals surface area contributed by atoms with Gasteiger partial charge >= 0.3 is 0 Å². The van der Waals surface area contributed by atoms with E-state index >= 15 is 0 Å². The highest BCUT2D eigenvalue weighted by Crippen LogP contribution is 2.22. The summed E-state index contributed by atoms with van der Waals surface area (Å²) >= 11 is 1.62. The predicted octanol–water partition coefficient (Wildman–Crippen LogP) is 4.80. The Balaban J connectivity index is 1.75. The average Bonchev–Trinajstić information content (AvgIpc) is 3.04. The Morgan fingerprint density at radius 1 is 1.07 bits per heavy atom. The first-order chi connectivity index (χ1) is 13.1. The van der Waals surface area contributed by atoms with E-state index in [1.165, 1.54) is 5.56 Å². The summed E-state index contributed by atoms with van der Waals surface area (Å²) in [7, 11) is 0. The molecular formula is C21H24N4OS. The highest BCUT2D eigenvalue weighted by molar-refractivity contribution is 7.98. The number of thioether (sulfide) groups is 1. The van der Waals surface area contributed by atoms with E-state index in [-0.39, 0.29) is 0 Å². The zero-order chi connectivity index (χ0) is 19.1. The van der Waals surface area contributed by atoms with Crippen LogP contribution in [0.25, 0.3) is 0 Å². The van der Waals surface area contributed by atoms with Gasteiger partial charge in [0.1, 0.15) is 5.75 Å². The average molecular weight is 381 g/mol. The van der Waals surface area contributed by atoms with Crippen molar-refractivity contribution in [2.75, 3.05) is 6.61 Å². The molecule has 0 saturated carbocycles. The van der Waals surface area contributed by atoms with Gasteiger partial charge in [0.15, 0.2) is 5.82 Å². The van der Waals surface area contributed by atoms with Gasteiger partial charge in [0.2, 0.25) is 5.16 Å². The third-order valence-corrected chi connectivity index (χ3v) is 4.77. The number of nitrogens with zero attached hydrogens (tertiary/aromatic N) is 4. The minimum absolute atomic E-state index is 0.469. The monoisotopic (exact) mass is 380 g/mol. The van der Waals surface area contributed by atoms with Crippen molar-refractivity contribution in [2.45, 2.75) is 31.7 Å². The molecule has 0 fully saturated rings. The second-order valence-corrected chi connectivity index (χ2v) is 7.55. The van der Waals surface area contributed by atoms with Crippen molar-refractivity contribution in [3.8, 4) is 5.75 Å². The first kappa shape index (κ1) is 19.2. The van der Waals surface area contributed by atoms with Crippen LogP contribution < -0.4 is 4.74 Å². The van der Waals surface area contributed by atoms with E-state index in [1.54, 1.807) is 22.7 Å². The molecule has 0 unspecified atom stereocenters. The Bertz CT molecular complexity index is 890. The van der Waals surface area contributed by atoms with E-state index in [4.69, 9.17) is 4.74 Å². The van der Waals surface area contributed by atoms with Crippen LogP contribution in [0.1, 0.15) is 30.8 Å². The van der Waals surface area contributed by atoms with Crippen LogP contribution in [0.4, 0.5) is 0 Å². The number of aromatic nitrogens is 3. The SMILES string of the molecule is Cc1nnc(SCc2ccccc2)n1/N=C/c1ccccc1OCC(C)C. The quantitative estimate of drug-likeness (QED) is 0.416. The lowest BCUT2D eigenvalue weighted by molar-refractivity contribution is 0.270. The van der Waals surface area contributed by atoms with Gasteiger partial charge in [0.05, 0.1) is 12.8 Å². The molecule has 0 amide bonds. The minimum atomic E-state index is 0.469. The largest absolute Gasteiger partial charge is 0.493 e. The van der Waals surface area contributed by atoms with E-state index in [2.05, 4.69) is 41.3 Å². The van der Waals surface area contributed by atoms with Gasteiger partial charge in [0, 0.05) is 11.3 Å². The van der Waals surface area contributed by atoms with Crippen LogP contribution in [0.2, 0.25) is 0 Å². The molecule has 3 rings (SSSR count). The molecule has 27 heavy (non-hydrogen) atoms. The molecule has 0 N–H and O–H groups in total. The Hall–Kier alpha value is -2.60. The molecule has 6 heteroatoms. The maximum absolute atomic E-state index is 5.90. The van der Waals surface area contributed by atoms with Gasteiger partial charge in [-0.3, -0.25) is 0 Å². The number of ether oxygens (including phenoxy) is 1. The molecule has 0 radical (unpaired) electrons. The summed E-state index contributed by atoms with van der Waals surface area (Å²) < 4.78 is 7.67. The Morgan fingerprint density at radius 3 is 2.59 bits per heavy atom. The fourth-order valence-corrected chi connectivity index (χ4v) is 3.27. The van der Waals surface area contributed by atoms with Crippen molar-refractivity contribution in [3.05, 3.63) is 71.5 Å². The van der Waals surface area contributed by atoms with Crippen molar-refractivity contribution in [2.24, 2.45) is 11.0 Å². The standard InChI is InChI=1S/C21H24N4OS/c1-16(2)14-26-20-12-8-7-11-19(20)13-22-25-17(3)23-24-21(25)27-15-18-9-5-4-6-10-18/h4-13,16H,14-15H2,1-3H3/b22-13+. The highest BCUT2D eigenvalue weighted by Gasteiger charge is 2.09. The zero-order valence-corrected chi connectivity index (χ0v) is 16.7. The van der Waals surface area contributed by atoms with Crippen LogP contribution in [0, 0.1) is 12.8 Å². The molecule has 0 bridgehead atoms. The van der Waals surface area contributed by atoms with Crippen molar-refractivity contribution >= 4 is 18.0 Å². The third kappa shape index (κ3) is 5.44. The van der Waals surface area contributed by atoms with Gasteiger partial charge in [-0.15, -0.1) is 10.2 Å². The lowest BCUT2D eigenvalue weighted by Crippen LogP contribution is -2.06. The lowest BCUT2D eigenvalue weighted by Gasteiger charge is -2.10. The molecular weight excluding hydrogens is 356 g/mol. The Morgan fingerprint density at radius 2 is 1.81 bits per heavy atom. The first-order valence-corrected chi connectivity index (χ1v) is 9.97. The van der Waals surface area contributed by atoms with Crippen molar-refractivity contribution in [1.29, 1.82) is 0 Å². The second-order valence-electron chi connectivity index (χ2n) is 6.60. The molecule has 3 aromatic rings. The van der Waals surface area contributed by atoms with Crippen molar-refractivity contribution in [3.63, 3.8) is 0 Å². The van der Waals surface area contributed by atoms with Gasteiger partial charge in [-0.1, -0.05) is 68.1 Å². The molecule has 0 aliphatic rings. The Kier molecular flexibility index (Phi) is 6.65. The predicted molar refractivity (Wildman–Crippen MR) is 111 cm³/mol. The molecule has 5 nitrogen and oxygen atoms in total. The summed E-state index contributed by atoms with van der Waals surface area (Å²) in [5.74, 6) is 2.88. The molecule has 1 heterocycles. The molecule has 140 valence electrons. The number of hydrogen-bond donors (Lipinski definition) is 0. The van der Waals surface area contributed by atoms with Gasteiger partial charge in [-0.2, -0.15) is 9.78 Å². The summed E-state index contributed by atoms with van der Waals surface area (Å²) in [5, 5.41) is 13.8. The molecule has 0 saturated heterocycles. The van der Waals surface area contributed by atoms with Crippen LogP contribution in [-0.2, 0) is 5.75 Å². The van der Waals surface area contributed by atoms with E-state index in [1.807, 2.05) is 49.4 Å². The van der Waals surface area contributed by atoms with E-state index in [0.29, 0.717) is 12.5 Å². The maximum Gasteiger partial charge on any atom is 0.212 e. The molecule has 0 aliphatic carbocycles. The van der Waals surface area contributed by atoms with Crippen molar-refractivity contribution < 1.29 is 4.74 Å². The van der Waals surface area contributed by atoms with Crippen LogP contribution in [0.5, 0.6) is 5.75 Å². The second kappa shape index (κ2) is 9.37. The molecule has 2 aromatic carbocycles. The number of aryl methyl sites for hydroxylation is 1. The summed E-state index contributed by atoms with van der Waals surface area (Å²) in [4.78, 5) is 0. The van der Waals surface area contributed by atoms with E-state index in [9.17, 15) is 0 Å². The topological polar surface area (TPSA) is 52.3 Å². The lowest BCUT2D eigenvalue weighted by atomic mass is 10.2. The van der Waals surface area contributed by atoms with Gasteiger partial charge in [0.25, 0.3) is 0 Å². The van der Waals surface area contributed by atoms with Gasteiger partial charge in [-0.05, 0) is 30.5 Å². The zero-order valence-electron chi connectivity index (χ0n) is 15.9. The number of para-hydroxylation sites is 1. The summed E-state index contributed by atoms with van der Waals surface area (Å²) in [6.07, 6.45) is 1.80.